The number of benzene rings is 1. The second kappa shape index (κ2) is 8.47. The van der Waals surface area contributed by atoms with Gasteiger partial charge in [-0.05, 0) is 55.0 Å². The van der Waals surface area contributed by atoms with Crippen LogP contribution in [0.3, 0.4) is 0 Å². The van der Waals surface area contributed by atoms with Crippen molar-refractivity contribution < 1.29 is 27.8 Å². The van der Waals surface area contributed by atoms with Gasteiger partial charge in [0, 0.05) is 15.9 Å². The van der Waals surface area contributed by atoms with E-state index in [-0.39, 0.29) is 5.75 Å². The van der Waals surface area contributed by atoms with Crippen LogP contribution in [0, 0.1) is 5.92 Å². The van der Waals surface area contributed by atoms with Gasteiger partial charge < -0.3 is 14.8 Å². The van der Waals surface area contributed by atoms with E-state index in [1.807, 2.05) is 0 Å². The molecule has 0 unspecified atom stereocenters. The Morgan fingerprint density at radius 2 is 2.04 bits per heavy atom. The van der Waals surface area contributed by atoms with E-state index >= 15 is 0 Å². The summed E-state index contributed by atoms with van der Waals surface area (Å²) in [6, 6.07) is 5.47. The second-order valence-corrected chi connectivity index (χ2v) is 7.39. The molecule has 0 bridgehead atoms. The molecule has 5 nitrogen and oxygen atoms in total. The fraction of sp³-hybridized carbons (Fsp3) is 0.368. The molecular formula is C19H19F2NO4S. The minimum atomic E-state index is -2.91. The number of nitrogens with one attached hydrogen (secondary N) is 1. The molecule has 1 atom stereocenters. The third kappa shape index (κ3) is 5.03. The molecule has 144 valence electrons. The number of carbonyl (C=O) groups excluding carboxylic acids is 2. The van der Waals surface area contributed by atoms with E-state index in [1.165, 1.54) is 29.1 Å². The normalized spacial score (nSPS) is 15.9. The molecule has 0 aliphatic heterocycles. The molecule has 0 fully saturated rings. The van der Waals surface area contributed by atoms with Crippen molar-refractivity contribution in [1.29, 1.82) is 0 Å². The summed E-state index contributed by atoms with van der Waals surface area (Å²) < 4.78 is 33.6. The highest BCUT2D eigenvalue weighted by Crippen LogP contribution is 2.33. The molecule has 1 aliphatic rings. The Bertz CT molecular complexity index is 820. The predicted octanol–water partition coefficient (Wildman–Crippen LogP) is 4.27. The third-order valence-electron chi connectivity index (χ3n) is 4.32. The number of esters is 1. The molecule has 1 aromatic heterocycles. The van der Waals surface area contributed by atoms with Crippen molar-refractivity contribution in [2.75, 3.05) is 11.9 Å². The number of carbonyl (C=O) groups is 2. The first kappa shape index (κ1) is 19.3. The fourth-order valence-electron chi connectivity index (χ4n) is 2.97. The zero-order valence-electron chi connectivity index (χ0n) is 14.7. The standard InChI is InChI=1S/C19H19F2NO4S/c1-11-2-7-14-15(10-27-16(14)8-11)18(24)25-9-17(23)22-12-3-5-13(6-4-12)26-19(20)21/h3-6,10-11,19H,2,7-9H2,1H3,(H,22,23)/t11-/m1/s1. The molecular weight excluding hydrogens is 376 g/mol. The van der Waals surface area contributed by atoms with Gasteiger partial charge in [-0.15, -0.1) is 11.3 Å². The highest BCUT2D eigenvalue weighted by Gasteiger charge is 2.24. The van der Waals surface area contributed by atoms with Crippen molar-refractivity contribution in [2.45, 2.75) is 32.8 Å². The lowest BCUT2D eigenvalue weighted by atomic mass is 9.88. The van der Waals surface area contributed by atoms with Crippen molar-refractivity contribution in [3.63, 3.8) is 0 Å². The van der Waals surface area contributed by atoms with Crippen molar-refractivity contribution in [2.24, 2.45) is 5.92 Å². The largest absolute Gasteiger partial charge is 0.452 e. The van der Waals surface area contributed by atoms with Crippen LogP contribution in [0.15, 0.2) is 29.6 Å². The number of hydrogen-bond acceptors (Lipinski definition) is 5. The van der Waals surface area contributed by atoms with Gasteiger partial charge in [-0.3, -0.25) is 4.79 Å². The van der Waals surface area contributed by atoms with Crippen LogP contribution in [0.25, 0.3) is 0 Å². The topological polar surface area (TPSA) is 64.6 Å². The Kier molecular flexibility index (Phi) is 6.05. The maximum absolute atomic E-state index is 12.3. The van der Waals surface area contributed by atoms with Crippen LogP contribution in [0.1, 0.15) is 34.1 Å². The number of hydrogen-bond donors (Lipinski definition) is 1. The number of thiophene rings is 1. The molecule has 2 aromatic rings. The molecule has 0 saturated heterocycles. The van der Waals surface area contributed by atoms with Gasteiger partial charge in [0.1, 0.15) is 5.75 Å². The van der Waals surface area contributed by atoms with E-state index in [4.69, 9.17) is 4.74 Å². The lowest BCUT2D eigenvalue weighted by Gasteiger charge is -2.18. The minimum Gasteiger partial charge on any atom is -0.452 e. The van der Waals surface area contributed by atoms with Crippen molar-refractivity contribution in [1.82, 2.24) is 0 Å². The van der Waals surface area contributed by atoms with E-state index in [2.05, 4.69) is 17.0 Å². The van der Waals surface area contributed by atoms with Crippen LogP contribution in [0.2, 0.25) is 0 Å². The lowest BCUT2D eigenvalue weighted by molar-refractivity contribution is -0.119. The summed E-state index contributed by atoms with van der Waals surface area (Å²) in [6.07, 6.45) is 2.86. The number of ether oxygens (including phenoxy) is 2. The Morgan fingerprint density at radius 1 is 1.30 bits per heavy atom. The summed E-state index contributed by atoms with van der Waals surface area (Å²) in [5.74, 6) is -0.407. The maximum atomic E-state index is 12.3. The quantitative estimate of drug-likeness (QED) is 0.742. The molecule has 1 N–H and O–H groups in total. The van der Waals surface area contributed by atoms with Gasteiger partial charge >= 0.3 is 12.6 Å². The van der Waals surface area contributed by atoms with E-state index in [0.717, 1.165) is 24.8 Å². The number of halogens is 2. The fourth-order valence-corrected chi connectivity index (χ4v) is 4.21. The SMILES string of the molecule is C[C@@H]1CCc2c(C(=O)OCC(=O)Nc3ccc(OC(F)F)cc3)csc2C1. The smallest absolute Gasteiger partial charge is 0.387 e. The van der Waals surface area contributed by atoms with Gasteiger partial charge in [0.05, 0.1) is 5.56 Å². The van der Waals surface area contributed by atoms with Gasteiger partial charge in [0.2, 0.25) is 0 Å². The highest BCUT2D eigenvalue weighted by molar-refractivity contribution is 7.10. The van der Waals surface area contributed by atoms with Crippen molar-refractivity contribution in [3.05, 3.63) is 45.6 Å². The van der Waals surface area contributed by atoms with E-state index in [0.29, 0.717) is 17.2 Å². The number of amides is 1. The summed E-state index contributed by atoms with van der Waals surface area (Å²) in [7, 11) is 0. The first-order valence-corrected chi connectivity index (χ1v) is 9.41. The van der Waals surface area contributed by atoms with E-state index < -0.39 is 25.1 Å². The molecule has 1 aromatic carbocycles. The molecule has 27 heavy (non-hydrogen) atoms. The van der Waals surface area contributed by atoms with Gasteiger partial charge in [0.25, 0.3) is 5.91 Å². The predicted molar refractivity (Wildman–Crippen MR) is 97.5 cm³/mol. The number of anilines is 1. The van der Waals surface area contributed by atoms with Gasteiger partial charge in [-0.1, -0.05) is 6.92 Å². The first-order valence-electron chi connectivity index (χ1n) is 8.53. The molecule has 1 amide bonds. The summed E-state index contributed by atoms with van der Waals surface area (Å²) >= 11 is 1.56. The summed E-state index contributed by atoms with van der Waals surface area (Å²) in [5.41, 5.74) is 1.97. The van der Waals surface area contributed by atoms with Crippen LogP contribution in [0.4, 0.5) is 14.5 Å². The molecule has 1 aliphatic carbocycles. The van der Waals surface area contributed by atoms with Crippen LogP contribution in [-0.2, 0) is 22.4 Å². The Labute approximate surface area is 159 Å². The Hall–Kier alpha value is -2.48. The molecule has 0 spiro atoms. The minimum absolute atomic E-state index is 0.00835. The zero-order valence-corrected chi connectivity index (χ0v) is 15.5. The maximum Gasteiger partial charge on any atom is 0.387 e. The lowest BCUT2D eigenvalue weighted by Crippen LogP contribution is -2.21. The average molecular weight is 395 g/mol. The molecule has 0 saturated carbocycles. The second-order valence-electron chi connectivity index (χ2n) is 6.43. The van der Waals surface area contributed by atoms with E-state index in [9.17, 15) is 18.4 Å². The summed E-state index contributed by atoms with van der Waals surface area (Å²) in [4.78, 5) is 25.4. The van der Waals surface area contributed by atoms with Crippen molar-refractivity contribution >= 4 is 28.9 Å². The number of alkyl halides is 2. The van der Waals surface area contributed by atoms with Crippen LogP contribution < -0.4 is 10.1 Å². The van der Waals surface area contributed by atoms with Gasteiger partial charge in [-0.25, -0.2) is 4.79 Å². The molecule has 1 heterocycles. The average Bonchev–Trinajstić information content (AvgIpc) is 3.04. The summed E-state index contributed by atoms with van der Waals surface area (Å²) in [5, 5.41) is 4.33. The molecule has 3 rings (SSSR count). The van der Waals surface area contributed by atoms with Crippen molar-refractivity contribution in [3.8, 4) is 5.75 Å². The highest BCUT2D eigenvalue weighted by atomic mass is 32.1. The third-order valence-corrected chi connectivity index (χ3v) is 5.37. The number of fused-ring (bicyclic) bond motifs is 1. The molecule has 0 radical (unpaired) electrons. The number of rotatable bonds is 6. The molecule has 8 heteroatoms. The Morgan fingerprint density at radius 3 is 2.74 bits per heavy atom. The van der Waals surface area contributed by atoms with Gasteiger partial charge in [0.15, 0.2) is 6.61 Å². The van der Waals surface area contributed by atoms with Crippen LogP contribution in [-0.4, -0.2) is 25.1 Å². The zero-order chi connectivity index (χ0) is 19.4. The monoisotopic (exact) mass is 395 g/mol. The van der Waals surface area contributed by atoms with Crippen LogP contribution >= 0.6 is 11.3 Å². The summed E-state index contributed by atoms with van der Waals surface area (Å²) in [6.45, 7) is -1.14. The van der Waals surface area contributed by atoms with E-state index in [1.54, 1.807) is 16.7 Å². The van der Waals surface area contributed by atoms with Gasteiger partial charge in [-0.2, -0.15) is 8.78 Å². The first-order chi connectivity index (χ1) is 12.9. The van der Waals surface area contributed by atoms with Crippen LogP contribution in [0.5, 0.6) is 5.75 Å². The Balaban J connectivity index is 1.51.